The molecule has 0 bridgehead atoms. The Balaban J connectivity index is 2.04. The number of ketones is 1. The molecule has 0 aromatic heterocycles. The van der Waals surface area contributed by atoms with E-state index in [2.05, 4.69) is 9.46 Å². The third-order valence-electron chi connectivity index (χ3n) is 3.42. The van der Waals surface area contributed by atoms with Crippen molar-refractivity contribution < 1.29 is 36.3 Å². The number of hydrogen-bond donors (Lipinski definition) is 1. The first-order chi connectivity index (χ1) is 13.0. The number of rotatable bonds is 8. The maximum absolute atomic E-state index is 12.4. The first-order valence-corrected chi connectivity index (χ1v) is 9.82. The molecule has 0 radical (unpaired) electrons. The molecule has 0 amide bonds. The number of Topliss-reactive ketones (excluding diaryl/α,β-unsaturated/α-hetero) is 1. The summed E-state index contributed by atoms with van der Waals surface area (Å²) in [5.41, 5.74) is 0.430. The van der Waals surface area contributed by atoms with Crippen molar-refractivity contribution in [2.45, 2.75) is 19.6 Å². The summed E-state index contributed by atoms with van der Waals surface area (Å²) in [5, 5.41) is 0. The minimum absolute atomic E-state index is 0.0505. The van der Waals surface area contributed by atoms with Gasteiger partial charge in [-0.3, -0.25) is 9.52 Å². The molecule has 0 aliphatic rings. The molecule has 10 heteroatoms. The molecule has 0 saturated heterocycles. The van der Waals surface area contributed by atoms with Crippen molar-refractivity contribution in [3.63, 3.8) is 0 Å². The van der Waals surface area contributed by atoms with Crippen molar-refractivity contribution in [1.82, 2.24) is 0 Å². The number of carbonyl (C=O) groups is 2. The van der Waals surface area contributed by atoms with Gasteiger partial charge >= 0.3 is 12.6 Å². The fourth-order valence-electron chi connectivity index (χ4n) is 2.23. The number of esters is 1. The zero-order valence-electron chi connectivity index (χ0n) is 14.9. The highest BCUT2D eigenvalue weighted by molar-refractivity contribution is 7.92. The van der Waals surface area contributed by atoms with E-state index in [-0.39, 0.29) is 22.6 Å². The average Bonchev–Trinajstić information content (AvgIpc) is 2.60. The molecule has 2 rings (SSSR count). The summed E-state index contributed by atoms with van der Waals surface area (Å²) in [5.74, 6) is -1.60. The molecule has 0 aliphatic heterocycles. The first-order valence-electron chi connectivity index (χ1n) is 7.93. The second kappa shape index (κ2) is 8.79. The summed E-state index contributed by atoms with van der Waals surface area (Å²) in [6, 6.07) is 10.6. The van der Waals surface area contributed by atoms with Crippen LogP contribution >= 0.6 is 0 Å². The number of nitrogens with one attached hydrogen (secondary N) is 1. The molecule has 2 aromatic carbocycles. The van der Waals surface area contributed by atoms with Gasteiger partial charge in [0.05, 0.1) is 11.8 Å². The highest BCUT2D eigenvalue weighted by Crippen LogP contribution is 2.18. The van der Waals surface area contributed by atoms with Crippen LogP contribution in [0.25, 0.3) is 0 Å². The molecule has 0 fully saturated rings. The van der Waals surface area contributed by atoms with Crippen LogP contribution in [0, 0.1) is 0 Å². The Hall–Kier alpha value is -3.01. The molecule has 28 heavy (non-hydrogen) atoms. The normalized spacial score (nSPS) is 12.3. The van der Waals surface area contributed by atoms with Crippen LogP contribution in [0.5, 0.6) is 5.75 Å². The lowest BCUT2D eigenvalue weighted by Gasteiger charge is -2.13. The average molecular weight is 413 g/mol. The molecule has 0 heterocycles. The Morgan fingerprint density at radius 2 is 1.68 bits per heavy atom. The van der Waals surface area contributed by atoms with E-state index < -0.39 is 34.5 Å². The molecule has 1 atom stereocenters. The van der Waals surface area contributed by atoms with Crippen LogP contribution in [-0.2, 0) is 14.8 Å². The molecule has 1 N–H and O–H groups in total. The van der Waals surface area contributed by atoms with Crippen molar-refractivity contribution in [3.05, 3.63) is 59.7 Å². The highest BCUT2D eigenvalue weighted by Gasteiger charge is 2.21. The fourth-order valence-corrected chi connectivity index (χ4v) is 2.80. The summed E-state index contributed by atoms with van der Waals surface area (Å²) >= 11 is 0. The van der Waals surface area contributed by atoms with Crippen molar-refractivity contribution in [2.24, 2.45) is 0 Å². The molecular formula is C18H17F2NO6S. The summed E-state index contributed by atoms with van der Waals surface area (Å²) in [7, 11) is -3.45. The number of anilines is 1. The molecule has 150 valence electrons. The third-order valence-corrected chi connectivity index (χ3v) is 4.03. The van der Waals surface area contributed by atoms with Crippen LogP contribution in [0.1, 0.15) is 27.6 Å². The summed E-state index contributed by atoms with van der Waals surface area (Å²) in [6.07, 6.45) is -0.157. The van der Waals surface area contributed by atoms with E-state index in [1.165, 1.54) is 49.4 Å². The van der Waals surface area contributed by atoms with Crippen LogP contribution in [0.4, 0.5) is 14.5 Å². The Bertz CT molecular complexity index is 960. The van der Waals surface area contributed by atoms with Crippen LogP contribution in [0.2, 0.25) is 0 Å². The predicted molar refractivity (Wildman–Crippen MR) is 97.2 cm³/mol. The molecule has 0 unspecified atom stereocenters. The van der Waals surface area contributed by atoms with Crippen LogP contribution in [0.15, 0.2) is 48.5 Å². The van der Waals surface area contributed by atoms with Gasteiger partial charge < -0.3 is 9.47 Å². The molecule has 7 nitrogen and oxygen atoms in total. The maximum atomic E-state index is 12.4. The summed E-state index contributed by atoms with van der Waals surface area (Å²) in [4.78, 5) is 24.5. The Morgan fingerprint density at radius 3 is 2.25 bits per heavy atom. The third kappa shape index (κ3) is 6.31. The number of ether oxygens (including phenoxy) is 2. The van der Waals surface area contributed by atoms with E-state index in [0.29, 0.717) is 0 Å². The van der Waals surface area contributed by atoms with E-state index in [4.69, 9.17) is 4.74 Å². The number of alkyl halides is 2. The second-order valence-electron chi connectivity index (χ2n) is 5.77. The quantitative estimate of drug-likeness (QED) is 0.528. The fraction of sp³-hybridized carbons (Fsp3) is 0.222. The highest BCUT2D eigenvalue weighted by atomic mass is 32.2. The predicted octanol–water partition coefficient (Wildman–Crippen LogP) is 3.09. The zero-order chi connectivity index (χ0) is 20.9. The first kappa shape index (κ1) is 21.3. The number of halogens is 2. The van der Waals surface area contributed by atoms with Crippen molar-refractivity contribution in [3.8, 4) is 5.75 Å². The number of sulfonamides is 1. The Morgan fingerprint density at radius 1 is 1.04 bits per heavy atom. The van der Waals surface area contributed by atoms with Gasteiger partial charge in [-0.1, -0.05) is 6.07 Å². The number of benzene rings is 2. The lowest BCUT2D eigenvalue weighted by atomic mass is 10.1. The van der Waals surface area contributed by atoms with Gasteiger partial charge in [0, 0.05) is 11.3 Å². The number of hydrogen-bond acceptors (Lipinski definition) is 6. The van der Waals surface area contributed by atoms with Crippen molar-refractivity contribution in [1.29, 1.82) is 0 Å². The van der Waals surface area contributed by atoms with Crippen molar-refractivity contribution >= 4 is 27.5 Å². The monoisotopic (exact) mass is 413 g/mol. The van der Waals surface area contributed by atoms with E-state index in [9.17, 15) is 26.8 Å². The molecule has 0 saturated carbocycles. The van der Waals surface area contributed by atoms with Crippen LogP contribution in [0.3, 0.4) is 0 Å². The second-order valence-corrected chi connectivity index (χ2v) is 7.52. The van der Waals surface area contributed by atoms with E-state index in [1.807, 2.05) is 0 Å². The van der Waals surface area contributed by atoms with Gasteiger partial charge in [-0.05, 0) is 49.4 Å². The van der Waals surface area contributed by atoms with Gasteiger partial charge in [-0.15, -0.1) is 0 Å². The van der Waals surface area contributed by atoms with E-state index >= 15 is 0 Å². The summed E-state index contributed by atoms with van der Waals surface area (Å²) in [6.45, 7) is -1.67. The smallest absolute Gasteiger partial charge is 0.387 e. The van der Waals surface area contributed by atoms with Gasteiger partial charge in [0.15, 0.2) is 6.10 Å². The van der Waals surface area contributed by atoms with Crippen molar-refractivity contribution in [2.75, 3.05) is 11.0 Å². The minimum Gasteiger partial charge on any atom is -0.451 e. The Kier molecular flexibility index (Phi) is 6.68. The lowest BCUT2D eigenvalue weighted by Crippen LogP contribution is -2.24. The van der Waals surface area contributed by atoms with Gasteiger partial charge in [0.2, 0.25) is 15.8 Å². The standard InChI is InChI=1S/C18H17F2NO6S/c1-11(16(22)12-6-8-14(9-7-12)21-28(2,24)25)26-17(23)13-4-3-5-15(10-13)27-18(19)20/h3-11,18,21H,1-2H3/t11-/m0/s1. The van der Waals surface area contributed by atoms with E-state index in [0.717, 1.165) is 12.3 Å². The SMILES string of the molecule is C[C@H](OC(=O)c1cccc(OC(F)F)c1)C(=O)c1ccc(NS(C)(=O)=O)cc1. The van der Waals surface area contributed by atoms with Gasteiger partial charge in [0.1, 0.15) is 5.75 Å². The summed E-state index contributed by atoms with van der Waals surface area (Å²) < 4.78 is 58.4. The van der Waals surface area contributed by atoms with Crippen LogP contribution < -0.4 is 9.46 Å². The molecule has 0 spiro atoms. The van der Waals surface area contributed by atoms with Gasteiger partial charge in [-0.2, -0.15) is 8.78 Å². The Labute approximate surface area is 160 Å². The molecule has 0 aliphatic carbocycles. The minimum atomic E-state index is -3.45. The lowest BCUT2D eigenvalue weighted by molar-refractivity contribution is -0.0499. The largest absolute Gasteiger partial charge is 0.451 e. The zero-order valence-corrected chi connectivity index (χ0v) is 15.7. The molecule has 2 aromatic rings. The van der Waals surface area contributed by atoms with Crippen LogP contribution in [-0.4, -0.2) is 39.1 Å². The topological polar surface area (TPSA) is 98.8 Å². The van der Waals surface area contributed by atoms with E-state index in [1.54, 1.807) is 0 Å². The molecular weight excluding hydrogens is 396 g/mol. The maximum Gasteiger partial charge on any atom is 0.387 e. The number of carbonyl (C=O) groups excluding carboxylic acids is 2. The van der Waals surface area contributed by atoms with Gasteiger partial charge in [-0.25, -0.2) is 13.2 Å². The van der Waals surface area contributed by atoms with Gasteiger partial charge in [0.25, 0.3) is 0 Å².